The second-order valence-electron chi connectivity index (χ2n) is 6.68. The summed E-state index contributed by atoms with van der Waals surface area (Å²) in [6.07, 6.45) is 1.10. The highest BCUT2D eigenvalue weighted by Gasteiger charge is 2.35. The van der Waals surface area contributed by atoms with Crippen molar-refractivity contribution in [3.05, 3.63) is 54.1 Å². The molecule has 2 aromatic rings. The number of benzene rings is 2. The number of nitrogens with one attached hydrogen (secondary N) is 2. The lowest BCUT2D eigenvalue weighted by Crippen LogP contribution is -2.28. The Hall–Kier alpha value is -3.15. The van der Waals surface area contributed by atoms with Gasteiger partial charge in [-0.05, 0) is 48.4 Å². The molecule has 0 bridgehead atoms. The Bertz CT molecular complexity index is 861. The molecule has 6 heteroatoms. The molecule has 1 atom stereocenters. The summed E-state index contributed by atoms with van der Waals surface area (Å²) in [5.74, 6) is -0.754. The Morgan fingerprint density at radius 1 is 1.07 bits per heavy atom. The molecule has 0 saturated carbocycles. The molecule has 140 valence electrons. The third-order valence-electron chi connectivity index (χ3n) is 4.60. The van der Waals surface area contributed by atoms with E-state index < -0.39 is 5.92 Å². The molecular formula is C21H23N3O3. The minimum Gasteiger partial charge on any atom is -0.326 e. The van der Waals surface area contributed by atoms with Crippen LogP contribution in [0, 0.1) is 5.92 Å². The highest BCUT2D eigenvalue weighted by atomic mass is 16.2. The Morgan fingerprint density at radius 2 is 1.74 bits per heavy atom. The van der Waals surface area contributed by atoms with E-state index in [0.29, 0.717) is 17.9 Å². The number of carbonyl (C=O) groups is 3. The van der Waals surface area contributed by atoms with Gasteiger partial charge in [-0.15, -0.1) is 0 Å². The predicted molar refractivity (Wildman–Crippen MR) is 106 cm³/mol. The lowest BCUT2D eigenvalue weighted by Gasteiger charge is -2.17. The van der Waals surface area contributed by atoms with Gasteiger partial charge in [-0.25, -0.2) is 0 Å². The molecule has 2 aromatic carbocycles. The number of nitrogens with zero attached hydrogens (tertiary/aromatic N) is 1. The van der Waals surface area contributed by atoms with Crippen LogP contribution in [0.2, 0.25) is 0 Å². The van der Waals surface area contributed by atoms with Crippen LogP contribution in [0.15, 0.2) is 48.5 Å². The maximum absolute atomic E-state index is 12.6. The summed E-state index contributed by atoms with van der Waals surface area (Å²) in [4.78, 5) is 37.7. The Labute approximate surface area is 158 Å². The van der Waals surface area contributed by atoms with Gasteiger partial charge in [0.1, 0.15) is 0 Å². The molecule has 1 saturated heterocycles. The van der Waals surface area contributed by atoms with Crippen LogP contribution in [0.4, 0.5) is 17.1 Å². The van der Waals surface area contributed by atoms with Gasteiger partial charge in [0.2, 0.25) is 17.7 Å². The number of rotatable bonds is 5. The van der Waals surface area contributed by atoms with Crippen molar-refractivity contribution in [3.63, 3.8) is 0 Å². The number of aryl methyl sites for hydroxylation is 1. The van der Waals surface area contributed by atoms with Gasteiger partial charge in [0.05, 0.1) is 5.92 Å². The van der Waals surface area contributed by atoms with Crippen molar-refractivity contribution in [2.24, 2.45) is 5.92 Å². The van der Waals surface area contributed by atoms with Crippen LogP contribution >= 0.6 is 0 Å². The first-order valence-corrected chi connectivity index (χ1v) is 9.04. The normalized spacial score (nSPS) is 16.3. The Balaban J connectivity index is 1.64. The average Bonchev–Trinajstić information content (AvgIpc) is 3.05. The van der Waals surface area contributed by atoms with Crippen LogP contribution in [0.3, 0.4) is 0 Å². The van der Waals surface area contributed by atoms with Crippen LogP contribution in [0.25, 0.3) is 0 Å². The summed E-state index contributed by atoms with van der Waals surface area (Å²) >= 11 is 0. The third kappa shape index (κ3) is 4.53. The summed E-state index contributed by atoms with van der Waals surface area (Å²) in [6.45, 7) is 3.88. The van der Waals surface area contributed by atoms with E-state index in [-0.39, 0.29) is 24.1 Å². The summed E-state index contributed by atoms with van der Waals surface area (Å²) < 4.78 is 0. The van der Waals surface area contributed by atoms with Gasteiger partial charge < -0.3 is 15.5 Å². The molecule has 0 aliphatic carbocycles. The van der Waals surface area contributed by atoms with Crippen molar-refractivity contribution >= 4 is 34.8 Å². The van der Waals surface area contributed by atoms with Crippen LogP contribution in [0.1, 0.15) is 25.8 Å². The van der Waals surface area contributed by atoms with E-state index in [9.17, 15) is 14.4 Å². The van der Waals surface area contributed by atoms with Crippen LogP contribution in [-0.2, 0) is 20.8 Å². The van der Waals surface area contributed by atoms with Crippen LogP contribution < -0.4 is 15.5 Å². The largest absolute Gasteiger partial charge is 0.326 e. The van der Waals surface area contributed by atoms with Crippen molar-refractivity contribution in [1.82, 2.24) is 0 Å². The summed E-state index contributed by atoms with van der Waals surface area (Å²) in [7, 11) is 0. The number of anilines is 3. The number of hydrogen-bond donors (Lipinski definition) is 2. The fourth-order valence-corrected chi connectivity index (χ4v) is 3.16. The van der Waals surface area contributed by atoms with Gasteiger partial charge in [-0.2, -0.15) is 0 Å². The lowest BCUT2D eigenvalue weighted by molar-refractivity contribution is -0.122. The first kappa shape index (κ1) is 18.6. The molecule has 3 rings (SSSR count). The van der Waals surface area contributed by atoms with Crippen molar-refractivity contribution < 1.29 is 14.4 Å². The Kier molecular flexibility index (Phi) is 5.54. The molecule has 0 spiro atoms. The van der Waals surface area contributed by atoms with Gasteiger partial charge in [-0.1, -0.05) is 19.1 Å². The average molecular weight is 365 g/mol. The molecule has 1 fully saturated rings. The topological polar surface area (TPSA) is 78.5 Å². The summed E-state index contributed by atoms with van der Waals surface area (Å²) in [5.41, 5.74) is 3.30. The van der Waals surface area contributed by atoms with Gasteiger partial charge in [0.15, 0.2) is 0 Å². The quantitative estimate of drug-likeness (QED) is 0.854. The van der Waals surface area contributed by atoms with E-state index in [0.717, 1.165) is 17.7 Å². The van der Waals surface area contributed by atoms with E-state index >= 15 is 0 Å². The van der Waals surface area contributed by atoms with E-state index in [1.165, 1.54) is 6.92 Å². The van der Waals surface area contributed by atoms with Gasteiger partial charge in [-0.3, -0.25) is 14.4 Å². The molecule has 2 N–H and O–H groups in total. The minimum absolute atomic E-state index is 0.0376. The molecule has 27 heavy (non-hydrogen) atoms. The molecule has 6 nitrogen and oxygen atoms in total. The van der Waals surface area contributed by atoms with E-state index in [4.69, 9.17) is 0 Å². The van der Waals surface area contributed by atoms with E-state index in [2.05, 4.69) is 17.6 Å². The van der Waals surface area contributed by atoms with Gasteiger partial charge >= 0.3 is 0 Å². The first-order chi connectivity index (χ1) is 13.0. The fraction of sp³-hybridized carbons (Fsp3) is 0.286. The highest BCUT2D eigenvalue weighted by Crippen LogP contribution is 2.27. The van der Waals surface area contributed by atoms with Crippen molar-refractivity contribution in [2.75, 3.05) is 22.1 Å². The molecule has 3 amide bonds. The van der Waals surface area contributed by atoms with E-state index in [1.807, 2.05) is 24.3 Å². The smallest absolute Gasteiger partial charge is 0.229 e. The maximum atomic E-state index is 12.6. The van der Waals surface area contributed by atoms with Crippen LogP contribution in [-0.4, -0.2) is 24.3 Å². The van der Waals surface area contributed by atoms with E-state index in [1.54, 1.807) is 29.2 Å². The van der Waals surface area contributed by atoms with Gasteiger partial charge in [0.25, 0.3) is 0 Å². The van der Waals surface area contributed by atoms with Crippen molar-refractivity contribution in [2.45, 2.75) is 26.7 Å². The zero-order valence-electron chi connectivity index (χ0n) is 15.5. The zero-order valence-corrected chi connectivity index (χ0v) is 15.5. The molecular weight excluding hydrogens is 342 g/mol. The predicted octanol–water partition coefficient (Wildman–Crippen LogP) is 3.20. The maximum Gasteiger partial charge on any atom is 0.229 e. The lowest BCUT2D eigenvalue weighted by atomic mass is 10.1. The fourth-order valence-electron chi connectivity index (χ4n) is 3.16. The number of hydrogen-bond acceptors (Lipinski definition) is 3. The summed E-state index contributed by atoms with van der Waals surface area (Å²) in [6, 6.07) is 14.8. The van der Waals surface area contributed by atoms with Crippen molar-refractivity contribution in [1.29, 1.82) is 0 Å². The number of amides is 3. The number of carbonyl (C=O) groups excluding carboxylic acids is 3. The third-order valence-corrected chi connectivity index (χ3v) is 4.60. The molecule has 1 aliphatic rings. The molecule has 0 unspecified atom stereocenters. The van der Waals surface area contributed by atoms with Crippen molar-refractivity contribution in [3.8, 4) is 0 Å². The second-order valence-corrected chi connectivity index (χ2v) is 6.68. The van der Waals surface area contributed by atoms with Crippen LogP contribution in [0.5, 0.6) is 0 Å². The Morgan fingerprint density at radius 3 is 2.37 bits per heavy atom. The SMILES string of the molecule is CCc1cccc(N2C[C@H](C(=O)Nc3ccc(NC(C)=O)cc3)CC2=O)c1. The summed E-state index contributed by atoms with van der Waals surface area (Å²) in [5, 5.41) is 5.53. The standard InChI is InChI=1S/C21H23N3O3/c1-3-15-5-4-6-19(11-15)24-13-16(12-20(24)26)21(27)23-18-9-7-17(8-10-18)22-14(2)25/h4-11,16H,3,12-13H2,1-2H3,(H,22,25)(H,23,27)/t16-/m1/s1. The molecule has 0 aromatic heterocycles. The minimum atomic E-state index is -0.391. The molecule has 0 radical (unpaired) electrons. The molecule has 1 heterocycles. The first-order valence-electron chi connectivity index (χ1n) is 9.04. The zero-order chi connectivity index (χ0) is 19.4. The van der Waals surface area contributed by atoms with Gasteiger partial charge in [0, 0.05) is 37.0 Å². The molecule has 1 aliphatic heterocycles. The monoisotopic (exact) mass is 365 g/mol. The highest BCUT2D eigenvalue weighted by molar-refractivity contribution is 6.03. The second kappa shape index (κ2) is 8.03.